The van der Waals surface area contributed by atoms with Crippen LogP contribution < -0.4 is 4.72 Å². The summed E-state index contributed by atoms with van der Waals surface area (Å²) in [5.41, 5.74) is 4.62. The van der Waals surface area contributed by atoms with E-state index < -0.39 is 40.2 Å². The summed E-state index contributed by atoms with van der Waals surface area (Å²) in [5.74, 6) is -1.38. The molecule has 0 saturated heterocycles. The van der Waals surface area contributed by atoms with Crippen LogP contribution in [0, 0.1) is 12.8 Å². The number of benzene rings is 4. The topological polar surface area (TPSA) is 102 Å². The number of ether oxygens (including phenoxy) is 2. The molecule has 0 spiro atoms. The fourth-order valence-corrected chi connectivity index (χ4v) is 6.84. The number of rotatable bonds is 14. The molecular formula is C36H39NO6S. The molecule has 44 heavy (non-hydrogen) atoms. The molecular weight excluding hydrogens is 574 g/mol. The van der Waals surface area contributed by atoms with Crippen molar-refractivity contribution in [2.24, 2.45) is 5.92 Å². The molecule has 0 radical (unpaired) electrons. The Morgan fingerprint density at radius 2 is 1.52 bits per heavy atom. The lowest BCUT2D eigenvalue weighted by Crippen LogP contribution is -2.40. The van der Waals surface area contributed by atoms with Gasteiger partial charge in [0.25, 0.3) is 0 Å². The molecule has 0 amide bonds. The second-order valence-electron chi connectivity index (χ2n) is 11.3. The Kier molecular flexibility index (Phi) is 10.6. The van der Waals surface area contributed by atoms with E-state index in [4.69, 9.17) is 9.47 Å². The van der Waals surface area contributed by atoms with Crippen molar-refractivity contribution in [3.63, 3.8) is 0 Å². The average molecular weight is 614 g/mol. The van der Waals surface area contributed by atoms with Crippen molar-refractivity contribution in [2.45, 2.75) is 62.4 Å². The SMILES string of the molecule is Cc1ccc(S(=O)(=O)N[C@H]2c3ccccc3C[C@H]2OC(=O)[C@@H](Cc2ccccc2)[C@H](O)CCCOCc2ccccc2)cc1. The number of aliphatic hydroxyl groups excluding tert-OH is 1. The molecule has 0 aliphatic heterocycles. The van der Waals surface area contributed by atoms with Crippen LogP contribution in [0.15, 0.2) is 114 Å². The number of sulfonamides is 1. The molecule has 7 nitrogen and oxygen atoms in total. The monoisotopic (exact) mass is 613 g/mol. The van der Waals surface area contributed by atoms with Crippen molar-refractivity contribution < 1.29 is 27.8 Å². The minimum absolute atomic E-state index is 0.143. The molecule has 0 heterocycles. The number of aryl methyl sites for hydroxylation is 1. The van der Waals surface area contributed by atoms with E-state index >= 15 is 0 Å². The average Bonchev–Trinajstić information content (AvgIpc) is 3.36. The third-order valence-corrected chi connectivity index (χ3v) is 9.49. The molecule has 0 aromatic heterocycles. The normalized spacial score (nSPS) is 17.5. The van der Waals surface area contributed by atoms with Crippen LogP contribution in [0.1, 0.15) is 46.7 Å². The fourth-order valence-electron chi connectivity index (χ4n) is 5.60. The Hall–Kier alpha value is -3.82. The first kappa shape index (κ1) is 31.6. The second kappa shape index (κ2) is 14.8. The maximum Gasteiger partial charge on any atom is 0.312 e. The number of carbonyl (C=O) groups is 1. The number of fused-ring (bicyclic) bond motifs is 1. The van der Waals surface area contributed by atoms with Gasteiger partial charge >= 0.3 is 5.97 Å². The molecule has 4 aromatic rings. The van der Waals surface area contributed by atoms with E-state index in [1.54, 1.807) is 24.3 Å². The quantitative estimate of drug-likeness (QED) is 0.140. The van der Waals surface area contributed by atoms with Crippen molar-refractivity contribution in [3.05, 3.63) is 137 Å². The molecule has 1 aliphatic rings. The lowest BCUT2D eigenvalue weighted by atomic mass is 9.91. The van der Waals surface area contributed by atoms with Crippen LogP contribution in [0.25, 0.3) is 0 Å². The van der Waals surface area contributed by atoms with E-state index in [1.165, 1.54) is 0 Å². The number of nitrogens with one attached hydrogen (secondary N) is 1. The highest BCUT2D eigenvalue weighted by molar-refractivity contribution is 7.89. The van der Waals surface area contributed by atoms with E-state index in [0.29, 0.717) is 38.9 Å². The molecule has 2 N–H and O–H groups in total. The Balaban J connectivity index is 1.28. The van der Waals surface area contributed by atoms with Gasteiger partial charge in [-0.3, -0.25) is 4.79 Å². The van der Waals surface area contributed by atoms with Crippen LogP contribution in [-0.4, -0.2) is 38.3 Å². The highest BCUT2D eigenvalue weighted by Gasteiger charge is 2.40. The third-order valence-electron chi connectivity index (χ3n) is 8.03. The molecule has 0 unspecified atom stereocenters. The fraction of sp³-hybridized carbons (Fsp3) is 0.306. The standard InChI is InChI=1S/C36H39NO6S/c1-26-18-20-30(21-19-26)44(40,41)37-35-31-16-9-8-15-29(31)24-34(35)43-36(39)32(23-27-11-4-2-5-12-27)33(38)17-10-22-42-25-28-13-6-3-7-14-28/h2-9,11-16,18-21,32-35,37-38H,10,17,22-25H2,1H3/t32-,33+,34+,35-/m0/s1. The summed E-state index contributed by atoms with van der Waals surface area (Å²) in [6.07, 6.45) is -0.138. The molecule has 4 aromatic carbocycles. The zero-order valence-electron chi connectivity index (χ0n) is 24.8. The summed E-state index contributed by atoms with van der Waals surface area (Å²) < 4.78 is 41.4. The highest BCUT2D eigenvalue weighted by atomic mass is 32.2. The number of hydrogen-bond donors (Lipinski definition) is 2. The van der Waals surface area contributed by atoms with Gasteiger partial charge in [0, 0.05) is 13.0 Å². The summed E-state index contributed by atoms with van der Waals surface area (Å²) >= 11 is 0. The van der Waals surface area contributed by atoms with Crippen LogP contribution in [0.3, 0.4) is 0 Å². The Morgan fingerprint density at radius 3 is 2.23 bits per heavy atom. The molecule has 0 saturated carbocycles. The molecule has 5 rings (SSSR count). The third kappa shape index (κ3) is 8.21. The van der Waals surface area contributed by atoms with Crippen molar-refractivity contribution in [2.75, 3.05) is 6.61 Å². The van der Waals surface area contributed by atoms with Gasteiger partial charge in [0.05, 0.1) is 29.6 Å². The van der Waals surface area contributed by atoms with Gasteiger partial charge in [-0.25, -0.2) is 8.42 Å². The summed E-state index contributed by atoms with van der Waals surface area (Å²) in [4.78, 5) is 13.9. The van der Waals surface area contributed by atoms with Gasteiger partial charge in [0.1, 0.15) is 6.10 Å². The van der Waals surface area contributed by atoms with Gasteiger partial charge in [-0.05, 0) is 60.6 Å². The highest BCUT2D eigenvalue weighted by Crippen LogP contribution is 2.35. The second-order valence-corrected chi connectivity index (χ2v) is 13.0. The molecule has 4 atom stereocenters. The Morgan fingerprint density at radius 1 is 0.886 bits per heavy atom. The van der Waals surface area contributed by atoms with Crippen molar-refractivity contribution in [1.29, 1.82) is 0 Å². The molecule has 0 fully saturated rings. The number of hydrogen-bond acceptors (Lipinski definition) is 6. The lowest BCUT2D eigenvalue weighted by molar-refractivity contribution is -0.159. The Labute approximate surface area is 259 Å². The van der Waals surface area contributed by atoms with Crippen LogP contribution in [0.4, 0.5) is 0 Å². The van der Waals surface area contributed by atoms with E-state index in [-0.39, 0.29) is 4.90 Å². The van der Waals surface area contributed by atoms with Gasteiger partial charge in [-0.2, -0.15) is 4.72 Å². The Bertz CT molecular complexity index is 1610. The summed E-state index contributed by atoms with van der Waals surface area (Å²) in [6.45, 7) is 2.82. The van der Waals surface area contributed by atoms with E-state index in [2.05, 4.69) is 4.72 Å². The minimum Gasteiger partial charge on any atom is -0.460 e. The number of esters is 1. The van der Waals surface area contributed by atoms with Crippen molar-refractivity contribution in [1.82, 2.24) is 4.72 Å². The van der Waals surface area contributed by atoms with Crippen molar-refractivity contribution in [3.8, 4) is 0 Å². The number of carbonyl (C=O) groups excluding carboxylic acids is 1. The maximum atomic E-state index is 13.8. The van der Waals surface area contributed by atoms with E-state index in [9.17, 15) is 18.3 Å². The van der Waals surface area contributed by atoms with Gasteiger partial charge in [0.2, 0.25) is 10.0 Å². The van der Waals surface area contributed by atoms with Gasteiger partial charge < -0.3 is 14.6 Å². The van der Waals surface area contributed by atoms with E-state index in [1.807, 2.05) is 91.9 Å². The first-order chi connectivity index (χ1) is 21.3. The first-order valence-corrected chi connectivity index (χ1v) is 16.5. The first-order valence-electron chi connectivity index (χ1n) is 15.0. The molecule has 230 valence electrons. The zero-order valence-corrected chi connectivity index (χ0v) is 25.7. The largest absolute Gasteiger partial charge is 0.460 e. The molecule has 8 heteroatoms. The number of aliphatic hydroxyl groups is 1. The summed E-state index contributed by atoms with van der Waals surface area (Å²) in [7, 11) is -3.90. The predicted molar refractivity (Wildman–Crippen MR) is 169 cm³/mol. The predicted octanol–water partition coefficient (Wildman–Crippen LogP) is 5.70. The van der Waals surface area contributed by atoms with Crippen LogP contribution in [0.5, 0.6) is 0 Å². The lowest BCUT2D eigenvalue weighted by Gasteiger charge is -2.27. The van der Waals surface area contributed by atoms with Gasteiger partial charge in [-0.15, -0.1) is 0 Å². The maximum absolute atomic E-state index is 13.8. The van der Waals surface area contributed by atoms with Gasteiger partial charge in [-0.1, -0.05) is 103 Å². The van der Waals surface area contributed by atoms with Gasteiger partial charge in [0.15, 0.2) is 0 Å². The van der Waals surface area contributed by atoms with Crippen molar-refractivity contribution >= 4 is 16.0 Å². The zero-order chi connectivity index (χ0) is 30.9. The summed E-state index contributed by atoms with van der Waals surface area (Å²) in [6, 6.07) is 32.8. The smallest absolute Gasteiger partial charge is 0.312 e. The van der Waals surface area contributed by atoms with E-state index in [0.717, 1.165) is 27.8 Å². The minimum atomic E-state index is -3.90. The molecule has 0 bridgehead atoms. The molecule has 1 aliphatic carbocycles. The summed E-state index contributed by atoms with van der Waals surface area (Å²) in [5, 5.41) is 11.3. The van der Waals surface area contributed by atoms with Crippen LogP contribution >= 0.6 is 0 Å². The van der Waals surface area contributed by atoms with Crippen LogP contribution in [-0.2, 0) is 43.7 Å². The van der Waals surface area contributed by atoms with Crippen LogP contribution in [0.2, 0.25) is 0 Å².